The molecule has 0 aromatic heterocycles. The summed E-state index contributed by atoms with van der Waals surface area (Å²) in [6, 6.07) is 10.8. The van der Waals surface area contributed by atoms with E-state index in [1.807, 2.05) is 0 Å². The summed E-state index contributed by atoms with van der Waals surface area (Å²) in [5.41, 5.74) is 1.59. The highest BCUT2D eigenvalue weighted by molar-refractivity contribution is 6.73. The molecule has 2 rings (SSSR count). The molecule has 1 unspecified atom stereocenters. The third-order valence-corrected chi connectivity index (χ3v) is 3.26. The second-order valence-electron chi connectivity index (χ2n) is 5.63. The Morgan fingerprint density at radius 3 is 2.31 bits per heavy atom. The Morgan fingerprint density at radius 1 is 1.12 bits per heavy atom. The molecule has 0 amide bonds. The third-order valence-electron chi connectivity index (χ3n) is 3.26. The first-order chi connectivity index (χ1) is 7.50. The number of rotatable bonds is 1. The molecule has 1 heterocycles. The molecule has 0 N–H and O–H groups in total. The molecule has 0 bridgehead atoms. The van der Waals surface area contributed by atoms with Crippen molar-refractivity contribution in [3.63, 3.8) is 0 Å². The first kappa shape index (κ1) is 11.3. The summed E-state index contributed by atoms with van der Waals surface area (Å²) < 4.78 is 0. The highest BCUT2D eigenvalue weighted by Gasteiger charge is 2.37. The lowest BCUT2D eigenvalue weighted by Gasteiger charge is -2.38. The molecular formula is C14H20BN. The Balaban J connectivity index is 2.33. The van der Waals surface area contributed by atoms with E-state index in [4.69, 9.17) is 0 Å². The molecule has 0 radical (unpaired) electrons. The van der Waals surface area contributed by atoms with Crippen molar-refractivity contribution in [2.45, 2.75) is 39.1 Å². The van der Waals surface area contributed by atoms with Crippen LogP contribution in [0, 0.1) is 0 Å². The Morgan fingerprint density at radius 2 is 1.75 bits per heavy atom. The number of nitrogens with zero attached hydrogens (tertiary/aromatic N) is 1. The van der Waals surface area contributed by atoms with Gasteiger partial charge < -0.3 is 4.81 Å². The minimum atomic E-state index is 0.182. The van der Waals surface area contributed by atoms with Gasteiger partial charge in [-0.2, -0.15) is 0 Å². The van der Waals surface area contributed by atoms with Gasteiger partial charge in [-0.1, -0.05) is 48.8 Å². The van der Waals surface area contributed by atoms with Crippen molar-refractivity contribution in [1.82, 2.24) is 4.81 Å². The van der Waals surface area contributed by atoms with Gasteiger partial charge in [0.25, 0.3) is 6.85 Å². The summed E-state index contributed by atoms with van der Waals surface area (Å²) in [5, 5.41) is 0. The molecule has 0 saturated carbocycles. The van der Waals surface area contributed by atoms with Gasteiger partial charge in [-0.3, -0.25) is 0 Å². The van der Waals surface area contributed by atoms with Gasteiger partial charge >= 0.3 is 0 Å². The van der Waals surface area contributed by atoms with E-state index in [2.05, 4.69) is 75.1 Å². The summed E-state index contributed by atoms with van der Waals surface area (Å²) in [4.78, 5) is 2.47. The summed E-state index contributed by atoms with van der Waals surface area (Å²) >= 11 is 0. The van der Waals surface area contributed by atoms with E-state index in [-0.39, 0.29) is 5.54 Å². The lowest BCUT2D eigenvalue weighted by Crippen LogP contribution is -2.52. The van der Waals surface area contributed by atoms with Crippen LogP contribution in [0.2, 0.25) is 5.82 Å². The zero-order chi connectivity index (χ0) is 11.8. The number of hydrogen-bond acceptors (Lipinski definition) is 1. The highest BCUT2D eigenvalue weighted by atomic mass is 15.1. The average Bonchev–Trinajstić information content (AvgIpc) is 2.61. The molecule has 1 nitrogen and oxygen atoms in total. The summed E-state index contributed by atoms with van der Waals surface area (Å²) in [6.45, 7) is 9.59. The summed E-state index contributed by atoms with van der Waals surface area (Å²) in [6.07, 6.45) is 4.56. The van der Waals surface area contributed by atoms with Gasteiger partial charge in [0.15, 0.2) is 0 Å². The fourth-order valence-electron chi connectivity index (χ4n) is 2.44. The molecule has 2 heteroatoms. The maximum Gasteiger partial charge on any atom is 0.295 e. The molecule has 0 aliphatic carbocycles. The molecule has 1 atom stereocenters. The molecule has 84 valence electrons. The summed E-state index contributed by atoms with van der Waals surface area (Å²) in [5.74, 6) is 0.585. The van der Waals surface area contributed by atoms with E-state index in [1.54, 1.807) is 0 Å². The van der Waals surface area contributed by atoms with E-state index < -0.39 is 0 Å². The predicted octanol–water partition coefficient (Wildman–Crippen LogP) is 2.90. The Labute approximate surface area is 99.3 Å². The Kier molecular flexibility index (Phi) is 2.83. The number of hydrogen-bond donors (Lipinski definition) is 0. The zero-order valence-electron chi connectivity index (χ0n) is 10.6. The fraction of sp³-hybridized carbons (Fsp3) is 0.429. The molecule has 0 fully saturated rings. The van der Waals surface area contributed by atoms with Gasteiger partial charge in [0.05, 0.1) is 0 Å². The SMILES string of the molecule is CC1C=CN(C(C)(C)C)B1c1ccccc1. The van der Waals surface area contributed by atoms with E-state index in [1.165, 1.54) is 5.46 Å². The minimum absolute atomic E-state index is 0.182. The van der Waals surface area contributed by atoms with E-state index in [9.17, 15) is 0 Å². The molecule has 16 heavy (non-hydrogen) atoms. The van der Waals surface area contributed by atoms with Crippen LogP contribution in [0.15, 0.2) is 42.6 Å². The maximum atomic E-state index is 2.47. The molecule has 1 aliphatic heterocycles. The van der Waals surface area contributed by atoms with Crippen LogP contribution in [0.1, 0.15) is 27.7 Å². The van der Waals surface area contributed by atoms with Crippen LogP contribution in [0.5, 0.6) is 0 Å². The molecule has 0 saturated heterocycles. The second kappa shape index (κ2) is 4.01. The number of benzene rings is 1. The molecule has 1 aromatic carbocycles. The first-order valence-electron chi connectivity index (χ1n) is 6.02. The lowest BCUT2D eigenvalue weighted by molar-refractivity contribution is 0.329. The van der Waals surface area contributed by atoms with Crippen molar-refractivity contribution in [3.05, 3.63) is 42.6 Å². The molecule has 0 spiro atoms. The minimum Gasteiger partial charge on any atom is -0.412 e. The van der Waals surface area contributed by atoms with Crippen LogP contribution in [0.4, 0.5) is 0 Å². The van der Waals surface area contributed by atoms with Crippen LogP contribution in [-0.4, -0.2) is 17.2 Å². The number of allylic oxidation sites excluding steroid dienone is 1. The normalized spacial score (nSPS) is 20.6. The maximum absolute atomic E-state index is 2.47. The van der Waals surface area contributed by atoms with Crippen LogP contribution in [0.3, 0.4) is 0 Å². The Hall–Kier alpha value is -1.18. The lowest BCUT2D eigenvalue weighted by atomic mass is 9.46. The van der Waals surface area contributed by atoms with Gasteiger partial charge in [-0.25, -0.2) is 0 Å². The smallest absolute Gasteiger partial charge is 0.295 e. The van der Waals surface area contributed by atoms with Crippen molar-refractivity contribution in [3.8, 4) is 0 Å². The van der Waals surface area contributed by atoms with Crippen LogP contribution < -0.4 is 5.46 Å². The van der Waals surface area contributed by atoms with Crippen molar-refractivity contribution in [2.24, 2.45) is 0 Å². The molecule has 1 aromatic rings. The summed E-state index contributed by atoms with van der Waals surface area (Å²) in [7, 11) is 0. The van der Waals surface area contributed by atoms with Crippen molar-refractivity contribution in [2.75, 3.05) is 0 Å². The standard InChI is InChI=1S/C14H20BN/c1-12-10-11-16(14(2,3)4)15(12)13-8-6-5-7-9-13/h5-12H,1-4H3. The average molecular weight is 213 g/mol. The van der Waals surface area contributed by atoms with Gasteiger partial charge in [0.2, 0.25) is 0 Å². The Bertz CT molecular complexity index is 377. The van der Waals surface area contributed by atoms with Crippen LogP contribution in [-0.2, 0) is 0 Å². The van der Waals surface area contributed by atoms with E-state index in [0.717, 1.165) is 0 Å². The van der Waals surface area contributed by atoms with Crippen LogP contribution >= 0.6 is 0 Å². The van der Waals surface area contributed by atoms with Crippen molar-refractivity contribution >= 4 is 12.3 Å². The first-order valence-corrected chi connectivity index (χ1v) is 6.02. The fourth-order valence-corrected chi connectivity index (χ4v) is 2.44. The van der Waals surface area contributed by atoms with Gasteiger partial charge in [-0.15, -0.1) is 0 Å². The van der Waals surface area contributed by atoms with E-state index >= 15 is 0 Å². The monoisotopic (exact) mass is 213 g/mol. The second-order valence-corrected chi connectivity index (χ2v) is 5.63. The zero-order valence-corrected chi connectivity index (χ0v) is 10.6. The third kappa shape index (κ3) is 2.02. The quantitative estimate of drug-likeness (QED) is 0.648. The van der Waals surface area contributed by atoms with Crippen molar-refractivity contribution in [1.29, 1.82) is 0 Å². The van der Waals surface area contributed by atoms with Gasteiger partial charge in [-0.05, 0) is 32.8 Å². The van der Waals surface area contributed by atoms with E-state index in [0.29, 0.717) is 12.7 Å². The largest absolute Gasteiger partial charge is 0.412 e. The predicted molar refractivity (Wildman–Crippen MR) is 72.0 cm³/mol. The van der Waals surface area contributed by atoms with Crippen LogP contribution in [0.25, 0.3) is 0 Å². The topological polar surface area (TPSA) is 3.24 Å². The van der Waals surface area contributed by atoms with Gasteiger partial charge in [0.1, 0.15) is 0 Å². The highest BCUT2D eigenvalue weighted by Crippen LogP contribution is 2.29. The van der Waals surface area contributed by atoms with Crippen molar-refractivity contribution < 1.29 is 0 Å². The molecular weight excluding hydrogens is 193 g/mol. The molecule has 1 aliphatic rings. The van der Waals surface area contributed by atoms with Gasteiger partial charge in [0, 0.05) is 5.54 Å².